The van der Waals surface area contributed by atoms with E-state index in [9.17, 15) is 4.79 Å². The molecule has 0 aliphatic rings. The van der Waals surface area contributed by atoms with Crippen LogP contribution < -0.4 is 10.2 Å². The molecule has 0 bridgehead atoms. The van der Waals surface area contributed by atoms with Gasteiger partial charge >= 0.3 is 0 Å². The molecule has 1 amide bonds. The molecule has 2 rings (SSSR count). The van der Waals surface area contributed by atoms with Crippen LogP contribution in [0.2, 0.25) is 0 Å². The molecule has 0 radical (unpaired) electrons. The summed E-state index contributed by atoms with van der Waals surface area (Å²) < 4.78 is 1.03. The summed E-state index contributed by atoms with van der Waals surface area (Å²) in [7, 11) is 2.00. The molecule has 5 heteroatoms. The predicted molar refractivity (Wildman–Crippen MR) is 99.2 cm³/mol. The molecular weight excluding hydrogens is 354 g/mol. The van der Waals surface area contributed by atoms with Crippen LogP contribution in [0, 0.1) is 6.92 Å². The van der Waals surface area contributed by atoms with Crippen LogP contribution in [0.5, 0.6) is 0 Å². The summed E-state index contributed by atoms with van der Waals surface area (Å²) in [5.41, 5.74) is 2.48. The number of benzene rings is 1. The van der Waals surface area contributed by atoms with Crippen molar-refractivity contribution in [1.82, 2.24) is 4.98 Å². The molecule has 0 fully saturated rings. The third kappa shape index (κ3) is 4.79. The van der Waals surface area contributed by atoms with Gasteiger partial charge in [-0.2, -0.15) is 0 Å². The number of aromatic nitrogens is 1. The van der Waals surface area contributed by atoms with Crippen molar-refractivity contribution < 1.29 is 4.79 Å². The van der Waals surface area contributed by atoms with Gasteiger partial charge in [0.1, 0.15) is 5.82 Å². The number of hydrogen-bond donors (Lipinski definition) is 1. The smallest absolute Gasteiger partial charge is 0.255 e. The largest absolute Gasteiger partial charge is 0.360 e. The van der Waals surface area contributed by atoms with Crippen LogP contribution in [-0.4, -0.2) is 24.5 Å². The van der Waals surface area contributed by atoms with Crippen LogP contribution in [0.25, 0.3) is 0 Å². The van der Waals surface area contributed by atoms with E-state index in [1.54, 1.807) is 12.3 Å². The third-order valence-corrected chi connectivity index (χ3v) is 4.55. The Bertz CT molecular complexity index is 688. The average molecular weight is 376 g/mol. The summed E-state index contributed by atoms with van der Waals surface area (Å²) >= 11 is 3.46. The molecule has 1 aromatic heterocycles. The van der Waals surface area contributed by atoms with Crippen LogP contribution >= 0.6 is 15.9 Å². The van der Waals surface area contributed by atoms with Crippen molar-refractivity contribution in [3.8, 4) is 0 Å². The number of unbranched alkanes of at least 4 members (excludes halogenated alkanes) is 1. The zero-order valence-corrected chi connectivity index (χ0v) is 15.4. The lowest BCUT2D eigenvalue weighted by atomic mass is 10.2. The molecule has 23 heavy (non-hydrogen) atoms. The van der Waals surface area contributed by atoms with Gasteiger partial charge < -0.3 is 10.2 Å². The Kier molecular flexibility index (Phi) is 6.16. The Morgan fingerprint density at radius 3 is 2.78 bits per heavy atom. The van der Waals surface area contributed by atoms with Crippen molar-refractivity contribution in [2.45, 2.75) is 26.7 Å². The molecule has 0 atom stereocenters. The summed E-state index contributed by atoms with van der Waals surface area (Å²) in [5.74, 6) is 0.692. The Morgan fingerprint density at radius 2 is 2.09 bits per heavy atom. The predicted octanol–water partition coefficient (Wildman–Crippen LogP) is 4.64. The second kappa shape index (κ2) is 8.11. The van der Waals surface area contributed by atoms with Crippen molar-refractivity contribution >= 4 is 33.3 Å². The number of carbonyl (C=O) groups is 1. The highest BCUT2D eigenvalue weighted by Crippen LogP contribution is 2.21. The lowest BCUT2D eigenvalue weighted by molar-refractivity contribution is 0.102. The molecular formula is C18H22BrN3O. The van der Waals surface area contributed by atoms with Gasteiger partial charge in [0.2, 0.25) is 0 Å². The number of carbonyl (C=O) groups excluding carboxylic acids is 1. The lowest BCUT2D eigenvalue weighted by Crippen LogP contribution is -2.20. The number of nitrogens with one attached hydrogen (secondary N) is 1. The summed E-state index contributed by atoms with van der Waals surface area (Å²) in [6, 6.07) is 9.32. The first-order valence-electron chi connectivity index (χ1n) is 7.76. The van der Waals surface area contributed by atoms with Gasteiger partial charge in [-0.3, -0.25) is 4.79 Å². The molecule has 2 aromatic rings. The number of anilines is 2. The zero-order chi connectivity index (χ0) is 16.8. The Morgan fingerprint density at radius 1 is 1.30 bits per heavy atom. The van der Waals surface area contributed by atoms with Crippen molar-refractivity contribution in [3.63, 3.8) is 0 Å². The van der Waals surface area contributed by atoms with E-state index in [4.69, 9.17) is 0 Å². The number of halogens is 1. The van der Waals surface area contributed by atoms with Crippen LogP contribution in [0.15, 0.2) is 41.0 Å². The van der Waals surface area contributed by atoms with Crippen LogP contribution in [0.3, 0.4) is 0 Å². The van der Waals surface area contributed by atoms with Crippen LogP contribution in [0.4, 0.5) is 11.5 Å². The molecule has 0 spiro atoms. The highest BCUT2D eigenvalue weighted by atomic mass is 79.9. The van der Waals surface area contributed by atoms with E-state index in [2.05, 4.69) is 38.1 Å². The molecule has 122 valence electrons. The van der Waals surface area contributed by atoms with Gasteiger partial charge in [0.25, 0.3) is 5.91 Å². The first-order chi connectivity index (χ1) is 11.0. The molecule has 1 N–H and O–H groups in total. The van der Waals surface area contributed by atoms with E-state index in [0.717, 1.165) is 40.9 Å². The minimum Gasteiger partial charge on any atom is -0.360 e. The highest BCUT2D eigenvalue weighted by Gasteiger charge is 2.10. The maximum Gasteiger partial charge on any atom is 0.255 e. The van der Waals surface area contributed by atoms with E-state index >= 15 is 0 Å². The maximum absolute atomic E-state index is 12.4. The minimum absolute atomic E-state index is 0.126. The molecule has 1 aromatic carbocycles. The van der Waals surface area contributed by atoms with Gasteiger partial charge in [-0.25, -0.2) is 4.98 Å². The van der Waals surface area contributed by atoms with Crippen molar-refractivity contribution in [2.24, 2.45) is 0 Å². The lowest BCUT2D eigenvalue weighted by Gasteiger charge is -2.18. The van der Waals surface area contributed by atoms with E-state index in [0.29, 0.717) is 5.56 Å². The summed E-state index contributed by atoms with van der Waals surface area (Å²) in [6.45, 7) is 5.08. The number of nitrogens with zero attached hydrogens (tertiary/aromatic N) is 2. The first kappa shape index (κ1) is 17.5. The molecule has 0 aliphatic carbocycles. The number of rotatable bonds is 6. The van der Waals surface area contributed by atoms with E-state index in [1.165, 1.54) is 0 Å². The fourth-order valence-electron chi connectivity index (χ4n) is 2.20. The molecule has 4 nitrogen and oxygen atoms in total. The van der Waals surface area contributed by atoms with E-state index in [1.807, 2.05) is 38.2 Å². The standard InChI is InChI=1S/C18H22BrN3O/c1-4-5-10-22(3)17-12-14(8-9-20-17)18(23)21-15-6-7-16(19)13(2)11-15/h6-9,11-12H,4-5,10H2,1-3H3,(H,21,23). The van der Waals surface area contributed by atoms with Gasteiger partial charge in [0.15, 0.2) is 0 Å². The SMILES string of the molecule is CCCCN(C)c1cc(C(=O)Nc2ccc(Br)c(C)c2)ccn1. The van der Waals surface area contributed by atoms with Gasteiger partial charge in [0.05, 0.1) is 0 Å². The first-order valence-corrected chi connectivity index (χ1v) is 8.55. The van der Waals surface area contributed by atoms with Gasteiger partial charge in [-0.05, 0) is 49.2 Å². The van der Waals surface area contributed by atoms with Crippen LogP contribution in [-0.2, 0) is 0 Å². The van der Waals surface area contributed by atoms with Crippen LogP contribution in [0.1, 0.15) is 35.7 Å². The Labute approximate surface area is 146 Å². The van der Waals surface area contributed by atoms with Gasteiger partial charge in [-0.1, -0.05) is 29.3 Å². The monoisotopic (exact) mass is 375 g/mol. The third-order valence-electron chi connectivity index (χ3n) is 3.66. The van der Waals surface area contributed by atoms with Gasteiger partial charge in [0, 0.05) is 35.5 Å². The van der Waals surface area contributed by atoms with E-state index < -0.39 is 0 Å². The minimum atomic E-state index is -0.126. The number of hydrogen-bond acceptors (Lipinski definition) is 3. The molecule has 0 saturated carbocycles. The van der Waals surface area contributed by atoms with Crippen molar-refractivity contribution in [3.05, 3.63) is 52.1 Å². The quantitative estimate of drug-likeness (QED) is 0.799. The number of aryl methyl sites for hydroxylation is 1. The molecule has 0 saturated heterocycles. The Hall–Kier alpha value is -1.88. The molecule has 0 aliphatic heterocycles. The van der Waals surface area contributed by atoms with E-state index in [-0.39, 0.29) is 5.91 Å². The molecule has 1 heterocycles. The highest BCUT2D eigenvalue weighted by molar-refractivity contribution is 9.10. The summed E-state index contributed by atoms with van der Waals surface area (Å²) in [6.07, 6.45) is 3.92. The molecule has 0 unspecified atom stereocenters. The second-order valence-corrected chi connectivity index (χ2v) is 6.45. The fourth-order valence-corrected chi connectivity index (χ4v) is 2.45. The number of amides is 1. The average Bonchev–Trinajstić information content (AvgIpc) is 2.56. The Balaban J connectivity index is 2.11. The maximum atomic E-state index is 12.4. The normalized spacial score (nSPS) is 10.4. The zero-order valence-electron chi connectivity index (χ0n) is 13.8. The van der Waals surface area contributed by atoms with Crippen molar-refractivity contribution in [2.75, 3.05) is 23.8 Å². The summed E-state index contributed by atoms with van der Waals surface area (Å²) in [5, 5.41) is 2.93. The topological polar surface area (TPSA) is 45.2 Å². The van der Waals surface area contributed by atoms with Crippen molar-refractivity contribution in [1.29, 1.82) is 0 Å². The fraction of sp³-hybridized carbons (Fsp3) is 0.333. The second-order valence-electron chi connectivity index (χ2n) is 5.60. The van der Waals surface area contributed by atoms with Gasteiger partial charge in [-0.15, -0.1) is 0 Å². The summed E-state index contributed by atoms with van der Waals surface area (Å²) in [4.78, 5) is 18.9. The number of pyridine rings is 1.